The van der Waals surface area contributed by atoms with Crippen molar-refractivity contribution in [3.8, 4) is 0 Å². The normalized spacial score (nSPS) is 28.8. The molecule has 18 heavy (non-hydrogen) atoms. The van der Waals surface area contributed by atoms with Gasteiger partial charge in [-0.15, -0.1) is 0 Å². The van der Waals surface area contributed by atoms with Crippen LogP contribution in [0.2, 0.25) is 0 Å². The molecule has 0 aliphatic carbocycles. The summed E-state index contributed by atoms with van der Waals surface area (Å²) in [7, 11) is 2.09. The van der Waals surface area contributed by atoms with Crippen LogP contribution < -0.4 is 5.73 Å². The smallest absolute Gasteiger partial charge is 0.228 e. The number of piperazine rings is 1. The first-order valence-corrected chi connectivity index (χ1v) is 7.01. The SMILES string of the molecule is CC.CN1CCN(C(=O)C2CCOC2CN)CC1. The molecule has 0 aromatic rings. The molecule has 2 fully saturated rings. The van der Waals surface area contributed by atoms with Crippen LogP contribution in [0.25, 0.3) is 0 Å². The fraction of sp³-hybridized carbons (Fsp3) is 0.923. The number of likely N-dealkylation sites (N-methyl/N-ethyl adjacent to an activating group) is 1. The molecule has 2 aliphatic rings. The summed E-state index contributed by atoms with van der Waals surface area (Å²) in [5.74, 6) is 0.231. The minimum atomic E-state index is -0.0628. The summed E-state index contributed by atoms with van der Waals surface area (Å²) in [5.41, 5.74) is 5.61. The number of carbonyl (C=O) groups is 1. The Balaban J connectivity index is 0.000000771. The Morgan fingerprint density at radius 2 is 1.89 bits per heavy atom. The van der Waals surface area contributed by atoms with Crippen molar-refractivity contribution in [2.24, 2.45) is 11.7 Å². The second-order valence-corrected chi connectivity index (χ2v) is 4.67. The second-order valence-electron chi connectivity index (χ2n) is 4.67. The zero-order chi connectivity index (χ0) is 13.5. The fourth-order valence-corrected chi connectivity index (χ4v) is 2.42. The summed E-state index contributed by atoms with van der Waals surface area (Å²) in [6.07, 6.45) is 0.764. The first kappa shape index (κ1) is 15.4. The molecule has 0 saturated carbocycles. The molecule has 0 radical (unpaired) electrons. The molecule has 2 rings (SSSR count). The third-order valence-corrected chi connectivity index (χ3v) is 3.57. The number of rotatable bonds is 2. The number of nitrogens with two attached hydrogens (primary N) is 1. The molecule has 2 heterocycles. The highest BCUT2D eigenvalue weighted by Gasteiger charge is 2.36. The van der Waals surface area contributed by atoms with Gasteiger partial charge in [0, 0.05) is 39.3 Å². The zero-order valence-corrected chi connectivity index (χ0v) is 11.9. The molecule has 2 N–H and O–H groups in total. The Kier molecular flexibility index (Phi) is 6.60. The number of ether oxygens (including phenoxy) is 1. The summed E-state index contributed by atoms with van der Waals surface area (Å²) in [5, 5.41) is 0. The van der Waals surface area contributed by atoms with Crippen molar-refractivity contribution in [2.75, 3.05) is 46.4 Å². The molecule has 2 aliphatic heterocycles. The van der Waals surface area contributed by atoms with E-state index in [0.29, 0.717) is 13.2 Å². The Morgan fingerprint density at radius 1 is 1.28 bits per heavy atom. The molecule has 0 aromatic carbocycles. The van der Waals surface area contributed by atoms with Crippen molar-refractivity contribution in [1.82, 2.24) is 9.80 Å². The van der Waals surface area contributed by atoms with Gasteiger partial charge in [-0.2, -0.15) is 0 Å². The Bertz CT molecular complexity index is 253. The minimum Gasteiger partial charge on any atom is -0.376 e. The number of hydrogen-bond acceptors (Lipinski definition) is 4. The molecular formula is C13H27N3O2. The van der Waals surface area contributed by atoms with Crippen LogP contribution in [0.3, 0.4) is 0 Å². The van der Waals surface area contributed by atoms with Crippen LogP contribution >= 0.6 is 0 Å². The Labute approximate surface area is 110 Å². The van der Waals surface area contributed by atoms with E-state index in [4.69, 9.17) is 10.5 Å². The third-order valence-electron chi connectivity index (χ3n) is 3.57. The molecule has 0 spiro atoms. The van der Waals surface area contributed by atoms with Gasteiger partial charge in [-0.05, 0) is 13.5 Å². The molecule has 2 saturated heterocycles. The maximum Gasteiger partial charge on any atom is 0.228 e. The van der Waals surface area contributed by atoms with Crippen molar-refractivity contribution < 1.29 is 9.53 Å². The summed E-state index contributed by atoms with van der Waals surface area (Å²) < 4.78 is 5.46. The van der Waals surface area contributed by atoms with E-state index >= 15 is 0 Å². The largest absolute Gasteiger partial charge is 0.376 e. The third kappa shape index (κ3) is 3.67. The van der Waals surface area contributed by atoms with Crippen LogP contribution in [-0.2, 0) is 9.53 Å². The number of carbonyl (C=O) groups excluding carboxylic acids is 1. The lowest BCUT2D eigenvalue weighted by Gasteiger charge is -2.34. The number of hydrogen-bond donors (Lipinski definition) is 1. The molecule has 2 unspecified atom stereocenters. The molecular weight excluding hydrogens is 230 g/mol. The Hall–Kier alpha value is -0.650. The first-order valence-electron chi connectivity index (χ1n) is 7.01. The first-order chi connectivity index (χ1) is 8.72. The topological polar surface area (TPSA) is 58.8 Å². The van der Waals surface area contributed by atoms with Crippen molar-refractivity contribution in [1.29, 1.82) is 0 Å². The lowest BCUT2D eigenvalue weighted by Crippen LogP contribution is -2.50. The van der Waals surface area contributed by atoms with Gasteiger partial charge in [0.25, 0.3) is 0 Å². The molecule has 106 valence electrons. The van der Waals surface area contributed by atoms with Crippen LogP contribution in [0, 0.1) is 5.92 Å². The van der Waals surface area contributed by atoms with Gasteiger partial charge in [0.1, 0.15) is 0 Å². The highest BCUT2D eigenvalue weighted by molar-refractivity contribution is 5.79. The van der Waals surface area contributed by atoms with Crippen molar-refractivity contribution >= 4 is 5.91 Å². The van der Waals surface area contributed by atoms with E-state index in [1.165, 1.54) is 0 Å². The standard InChI is InChI=1S/C11H21N3O2.C2H6/c1-13-3-5-14(6-4-13)11(15)9-2-7-16-10(9)8-12;1-2/h9-10H,2-8,12H2,1H3;1-2H3. The van der Waals surface area contributed by atoms with Gasteiger partial charge in [0.2, 0.25) is 5.91 Å². The van der Waals surface area contributed by atoms with E-state index in [-0.39, 0.29) is 17.9 Å². The van der Waals surface area contributed by atoms with Gasteiger partial charge in [-0.1, -0.05) is 13.8 Å². The highest BCUT2D eigenvalue weighted by atomic mass is 16.5. The van der Waals surface area contributed by atoms with Crippen molar-refractivity contribution in [2.45, 2.75) is 26.4 Å². The second kappa shape index (κ2) is 7.71. The van der Waals surface area contributed by atoms with Crippen LogP contribution in [0.4, 0.5) is 0 Å². The average molecular weight is 257 g/mol. The molecule has 5 nitrogen and oxygen atoms in total. The van der Waals surface area contributed by atoms with Gasteiger partial charge in [-0.3, -0.25) is 4.79 Å². The van der Waals surface area contributed by atoms with Crippen LogP contribution in [-0.4, -0.2) is 68.2 Å². The predicted molar refractivity (Wildman–Crippen MR) is 72.3 cm³/mol. The maximum absolute atomic E-state index is 12.2. The van der Waals surface area contributed by atoms with E-state index in [0.717, 1.165) is 32.6 Å². The molecule has 1 amide bonds. The summed E-state index contributed by atoms with van der Waals surface area (Å²) in [4.78, 5) is 16.5. The molecule has 0 aromatic heterocycles. The number of nitrogens with zero attached hydrogens (tertiary/aromatic N) is 2. The van der Waals surface area contributed by atoms with Gasteiger partial charge in [0.05, 0.1) is 12.0 Å². The van der Waals surface area contributed by atoms with Crippen LogP contribution in [0.5, 0.6) is 0 Å². The van der Waals surface area contributed by atoms with E-state index in [2.05, 4.69) is 11.9 Å². The zero-order valence-electron chi connectivity index (χ0n) is 11.9. The molecule has 2 atom stereocenters. The predicted octanol–water partition coefficient (Wildman–Crippen LogP) is 0.150. The van der Waals surface area contributed by atoms with Gasteiger partial charge >= 0.3 is 0 Å². The van der Waals surface area contributed by atoms with Gasteiger partial charge < -0.3 is 20.3 Å². The summed E-state index contributed by atoms with van der Waals surface area (Å²) >= 11 is 0. The van der Waals surface area contributed by atoms with Crippen molar-refractivity contribution in [3.05, 3.63) is 0 Å². The summed E-state index contributed by atoms with van der Waals surface area (Å²) in [6, 6.07) is 0. The minimum absolute atomic E-state index is 0.00611. The number of amides is 1. The van der Waals surface area contributed by atoms with Crippen molar-refractivity contribution in [3.63, 3.8) is 0 Å². The highest BCUT2D eigenvalue weighted by Crippen LogP contribution is 2.23. The van der Waals surface area contributed by atoms with Crippen LogP contribution in [0.15, 0.2) is 0 Å². The lowest BCUT2D eigenvalue weighted by molar-refractivity contribution is -0.138. The quantitative estimate of drug-likeness (QED) is 0.765. The van der Waals surface area contributed by atoms with Gasteiger partial charge in [0.15, 0.2) is 0 Å². The average Bonchev–Trinajstić information content (AvgIpc) is 2.89. The van der Waals surface area contributed by atoms with E-state index in [1.807, 2.05) is 18.7 Å². The van der Waals surface area contributed by atoms with E-state index in [1.54, 1.807) is 0 Å². The fourth-order valence-electron chi connectivity index (χ4n) is 2.42. The maximum atomic E-state index is 12.2. The van der Waals surface area contributed by atoms with Gasteiger partial charge in [-0.25, -0.2) is 0 Å². The van der Waals surface area contributed by atoms with E-state index < -0.39 is 0 Å². The monoisotopic (exact) mass is 257 g/mol. The summed E-state index contributed by atoms with van der Waals surface area (Å²) in [6.45, 7) is 8.72. The molecule has 5 heteroatoms. The lowest BCUT2D eigenvalue weighted by atomic mass is 9.99. The molecule has 0 bridgehead atoms. The van der Waals surface area contributed by atoms with E-state index in [9.17, 15) is 4.79 Å². The Morgan fingerprint density at radius 3 is 2.44 bits per heavy atom. The van der Waals surface area contributed by atoms with Crippen LogP contribution in [0.1, 0.15) is 20.3 Å².